The zero-order valence-corrected chi connectivity index (χ0v) is 22.1. The topological polar surface area (TPSA) is 131 Å². The summed E-state index contributed by atoms with van der Waals surface area (Å²) >= 11 is 5.87. The summed E-state index contributed by atoms with van der Waals surface area (Å²) < 4.78 is 94.4. The molecule has 43 heavy (non-hydrogen) atoms. The van der Waals surface area contributed by atoms with Crippen LogP contribution in [-0.2, 0) is 19.6 Å². The van der Waals surface area contributed by atoms with Gasteiger partial charge in [0.25, 0.3) is 0 Å². The van der Waals surface area contributed by atoms with Gasteiger partial charge < -0.3 is 10.2 Å². The Bertz CT molecular complexity index is 1670. The van der Waals surface area contributed by atoms with Gasteiger partial charge in [-0.2, -0.15) is 26.3 Å². The van der Waals surface area contributed by atoms with E-state index in [-0.39, 0.29) is 32.8 Å². The molecule has 2 aromatic heterocycles. The Morgan fingerprint density at radius 3 is 2.30 bits per heavy atom. The molecular formula is C24H19ClF7N7O4. The lowest BCUT2D eigenvalue weighted by Gasteiger charge is -2.20. The van der Waals surface area contributed by atoms with Crippen molar-refractivity contribution in [2.45, 2.75) is 38.1 Å². The molecule has 2 N–H and O–H groups in total. The van der Waals surface area contributed by atoms with E-state index in [1.54, 1.807) is 0 Å². The minimum atomic E-state index is -5.08. The minimum Gasteiger partial charge on any atom is -0.465 e. The van der Waals surface area contributed by atoms with Gasteiger partial charge >= 0.3 is 24.1 Å². The fourth-order valence-corrected chi connectivity index (χ4v) is 4.01. The number of hydrogen-bond acceptors (Lipinski definition) is 6. The van der Waals surface area contributed by atoms with E-state index in [1.807, 2.05) is 0 Å². The standard InChI is InChI=1S/C24H19ClF7N7O4/c25-14-6-4-13(5-7-14)20-35-38(21(41)37(20)9-17(40)24(30,31)32)10-18-33-19(11-36(22(42)43)12-23(27,28)29)39(34-18)16-3-1-2-15(26)8-16/h1-8,17,40H,9-12H2,(H,42,43)/t17-/m0/s1. The number of aromatic nitrogens is 6. The van der Waals surface area contributed by atoms with E-state index in [1.165, 1.54) is 36.4 Å². The van der Waals surface area contributed by atoms with Crippen molar-refractivity contribution in [3.8, 4) is 17.1 Å². The zero-order chi connectivity index (χ0) is 31.7. The predicted octanol–water partition coefficient (Wildman–Crippen LogP) is 4.10. The van der Waals surface area contributed by atoms with Crippen LogP contribution < -0.4 is 5.69 Å². The van der Waals surface area contributed by atoms with Crippen molar-refractivity contribution in [3.63, 3.8) is 0 Å². The normalized spacial score (nSPS) is 12.9. The maximum atomic E-state index is 13.9. The fraction of sp³-hybridized carbons (Fsp3) is 0.292. The molecule has 4 rings (SSSR count). The highest BCUT2D eigenvalue weighted by atomic mass is 35.5. The molecule has 2 aromatic carbocycles. The third kappa shape index (κ3) is 7.69. The molecule has 0 saturated carbocycles. The molecule has 0 aliphatic carbocycles. The molecule has 230 valence electrons. The molecule has 2 heterocycles. The molecule has 0 unspecified atom stereocenters. The lowest BCUT2D eigenvalue weighted by Crippen LogP contribution is -2.38. The average Bonchev–Trinajstić information content (AvgIpc) is 3.43. The molecule has 0 radical (unpaired) electrons. The van der Waals surface area contributed by atoms with Gasteiger partial charge in [-0.1, -0.05) is 17.7 Å². The monoisotopic (exact) mass is 637 g/mol. The molecule has 11 nitrogen and oxygen atoms in total. The summed E-state index contributed by atoms with van der Waals surface area (Å²) in [7, 11) is 0. The number of alkyl halides is 6. The second-order valence-corrected chi connectivity index (χ2v) is 9.46. The summed E-state index contributed by atoms with van der Waals surface area (Å²) in [4.78, 5) is 28.7. The largest absolute Gasteiger partial charge is 0.465 e. The first-order valence-electron chi connectivity index (χ1n) is 12.0. The number of aliphatic hydroxyl groups is 1. The molecule has 19 heteroatoms. The van der Waals surface area contributed by atoms with Crippen LogP contribution in [0.25, 0.3) is 17.1 Å². The van der Waals surface area contributed by atoms with E-state index in [2.05, 4.69) is 15.2 Å². The van der Waals surface area contributed by atoms with E-state index < -0.39 is 68.1 Å². The van der Waals surface area contributed by atoms with Gasteiger partial charge in [0.15, 0.2) is 23.6 Å². The van der Waals surface area contributed by atoms with Crippen LogP contribution in [-0.4, -0.2) is 75.3 Å². The number of hydrogen-bond donors (Lipinski definition) is 2. The van der Waals surface area contributed by atoms with Crippen molar-refractivity contribution in [3.05, 3.63) is 81.5 Å². The van der Waals surface area contributed by atoms with Gasteiger partial charge in [-0.3, -0.25) is 9.47 Å². The van der Waals surface area contributed by atoms with Gasteiger partial charge in [-0.25, -0.2) is 28.3 Å². The summed E-state index contributed by atoms with van der Waals surface area (Å²) in [6.45, 7) is -4.73. The van der Waals surface area contributed by atoms with Crippen LogP contribution in [0.3, 0.4) is 0 Å². The average molecular weight is 638 g/mol. The molecule has 0 spiro atoms. The summed E-state index contributed by atoms with van der Waals surface area (Å²) in [5, 5.41) is 27.3. The highest BCUT2D eigenvalue weighted by Gasteiger charge is 2.39. The Kier molecular flexibility index (Phi) is 8.82. The molecule has 0 saturated heterocycles. The lowest BCUT2D eigenvalue weighted by molar-refractivity contribution is -0.207. The van der Waals surface area contributed by atoms with E-state index in [0.717, 1.165) is 16.8 Å². The number of carbonyl (C=O) groups is 1. The van der Waals surface area contributed by atoms with E-state index in [0.29, 0.717) is 9.25 Å². The molecular weight excluding hydrogens is 619 g/mol. The smallest absolute Gasteiger partial charge is 0.416 e. The van der Waals surface area contributed by atoms with Crippen LogP contribution in [0.2, 0.25) is 5.02 Å². The zero-order valence-electron chi connectivity index (χ0n) is 21.4. The van der Waals surface area contributed by atoms with Crippen molar-refractivity contribution >= 4 is 17.7 Å². The first-order chi connectivity index (χ1) is 20.0. The first kappa shape index (κ1) is 31.5. The Morgan fingerprint density at radius 2 is 1.72 bits per heavy atom. The van der Waals surface area contributed by atoms with E-state index >= 15 is 0 Å². The number of nitrogens with zero attached hydrogens (tertiary/aromatic N) is 7. The number of halogens is 8. The Labute approximate surface area is 241 Å². The number of aliphatic hydroxyl groups excluding tert-OH is 1. The van der Waals surface area contributed by atoms with Crippen molar-refractivity contribution < 1.29 is 45.7 Å². The van der Waals surface area contributed by atoms with E-state index in [4.69, 9.17) is 11.6 Å². The predicted molar refractivity (Wildman–Crippen MR) is 134 cm³/mol. The second-order valence-electron chi connectivity index (χ2n) is 9.03. The molecule has 4 aromatic rings. The minimum absolute atomic E-state index is 0.0123. The molecule has 0 bridgehead atoms. The maximum absolute atomic E-state index is 13.9. The van der Waals surface area contributed by atoms with Crippen LogP contribution in [0.1, 0.15) is 11.6 Å². The first-order valence-corrected chi connectivity index (χ1v) is 12.3. The number of rotatable bonds is 9. The third-order valence-corrected chi connectivity index (χ3v) is 6.05. The SMILES string of the molecule is O=C(O)N(Cc1nc(Cn2nc(-c3ccc(Cl)cc3)n(C[C@H](O)C(F)(F)F)c2=O)nn1-c1cccc(F)c1)CC(F)(F)F. The number of amides is 1. The van der Waals surface area contributed by atoms with Crippen LogP contribution in [0.4, 0.5) is 35.5 Å². The summed E-state index contributed by atoms with van der Waals surface area (Å²) in [6, 6.07) is 10.0. The Morgan fingerprint density at radius 1 is 1.05 bits per heavy atom. The van der Waals surface area contributed by atoms with Crippen molar-refractivity contribution in [1.82, 2.24) is 34.0 Å². The quantitative estimate of drug-likeness (QED) is 0.264. The maximum Gasteiger partial charge on any atom is 0.416 e. The molecule has 0 fully saturated rings. The summed E-state index contributed by atoms with van der Waals surface area (Å²) in [5.41, 5.74) is -1.04. The fourth-order valence-electron chi connectivity index (χ4n) is 3.89. The Hall–Kier alpha value is -4.45. The molecule has 0 aliphatic heterocycles. The molecule has 1 amide bonds. The Balaban J connectivity index is 1.78. The summed E-state index contributed by atoms with van der Waals surface area (Å²) in [6.07, 6.45) is -14.9. The van der Waals surface area contributed by atoms with Gasteiger partial charge in [0.2, 0.25) is 0 Å². The van der Waals surface area contributed by atoms with Gasteiger partial charge in [0.05, 0.1) is 18.8 Å². The van der Waals surface area contributed by atoms with Crippen LogP contribution in [0, 0.1) is 5.82 Å². The third-order valence-electron chi connectivity index (χ3n) is 5.79. The highest BCUT2D eigenvalue weighted by molar-refractivity contribution is 6.30. The summed E-state index contributed by atoms with van der Waals surface area (Å²) in [5.74, 6) is -1.79. The number of benzene rings is 2. The van der Waals surface area contributed by atoms with E-state index in [9.17, 15) is 50.5 Å². The van der Waals surface area contributed by atoms with Gasteiger partial charge in [0, 0.05) is 10.6 Å². The molecule has 0 aliphatic rings. The van der Waals surface area contributed by atoms with Crippen molar-refractivity contribution in [2.24, 2.45) is 0 Å². The second kappa shape index (κ2) is 12.0. The van der Waals surface area contributed by atoms with Gasteiger partial charge in [-0.15, -0.1) is 10.2 Å². The van der Waals surface area contributed by atoms with Crippen LogP contribution in [0.15, 0.2) is 53.3 Å². The molecule has 1 atom stereocenters. The van der Waals surface area contributed by atoms with Crippen LogP contribution >= 0.6 is 11.6 Å². The van der Waals surface area contributed by atoms with Crippen molar-refractivity contribution in [1.29, 1.82) is 0 Å². The lowest BCUT2D eigenvalue weighted by atomic mass is 10.2. The van der Waals surface area contributed by atoms with Gasteiger partial charge in [0.1, 0.15) is 18.9 Å². The van der Waals surface area contributed by atoms with Gasteiger partial charge in [-0.05, 0) is 42.5 Å². The van der Waals surface area contributed by atoms with Crippen LogP contribution in [0.5, 0.6) is 0 Å². The number of carboxylic acid groups (broad SMARTS) is 1. The highest BCUT2D eigenvalue weighted by Crippen LogP contribution is 2.24. The van der Waals surface area contributed by atoms with Crippen molar-refractivity contribution in [2.75, 3.05) is 6.54 Å².